The fourth-order valence-corrected chi connectivity index (χ4v) is 1.47. The Hall–Kier alpha value is -1.88. The summed E-state index contributed by atoms with van der Waals surface area (Å²) in [7, 11) is 0. The molecule has 1 aromatic carbocycles. The van der Waals surface area contributed by atoms with Crippen molar-refractivity contribution in [1.29, 1.82) is 10.5 Å². The molecule has 4 nitrogen and oxygen atoms in total. The Bertz CT molecular complexity index is 451. The van der Waals surface area contributed by atoms with E-state index in [9.17, 15) is 0 Å². The average Bonchev–Trinajstić information content (AvgIpc) is 2.81. The van der Waals surface area contributed by atoms with Gasteiger partial charge in [0.1, 0.15) is 0 Å². The van der Waals surface area contributed by atoms with Gasteiger partial charge in [0.25, 0.3) is 0 Å². The molecular formula is C11H8N2O2. The van der Waals surface area contributed by atoms with Crippen LogP contribution in [0.5, 0.6) is 0 Å². The van der Waals surface area contributed by atoms with Crippen molar-refractivity contribution in [3.63, 3.8) is 0 Å². The van der Waals surface area contributed by atoms with Crippen molar-refractivity contribution in [2.24, 2.45) is 0 Å². The molecule has 0 bridgehead atoms. The summed E-state index contributed by atoms with van der Waals surface area (Å²) in [5.74, 6) is 0. The fourth-order valence-electron chi connectivity index (χ4n) is 1.47. The van der Waals surface area contributed by atoms with Gasteiger partial charge < -0.3 is 9.47 Å². The molecule has 0 amide bonds. The summed E-state index contributed by atoms with van der Waals surface area (Å²) in [6, 6.07) is 8.93. The zero-order valence-corrected chi connectivity index (χ0v) is 7.93. The summed E-state index contributed by atoms with van der Waals surface area (Å²) >= 11 is 0. The van der Waals surface area contributed by atoms with E-state index < -0.39 is 6.29 Å². The van der Waals surface area contributed by atoms with Gasteiger partial charge in [-0.3, -0.25) is 0 Å². The van der Waals surface area contributed by atoms with E-state index in [0.717, 1.165) is 0 Å². The Morgan fingerprint density at radius 3 is 2.47 bits per heavy atom. The van der Waals surface area contributed by atoms with Gasteiger partial charge in [-0.25, -0.2) is 0 Å². The van der Waals surface area contributed by atoms with Gasteiger partial charge in [0.05, 0.1) is 36.5 Å². The topological polar surface area (TPSA) is 66.0 Å². The molecule has 0 aliphatic carbocycles. The molecule has 4 heteroatoms. The van der Waals surface area contributed by atoms with Crippen LogP contribution in [0, 0.1) is 22.7 Å². The number of hydrogen-bond acceptors (Lipinski definition) is 4. The lowest BCUT2D eigenvalue weighted by Gasteiger charge is -2.10. The minimum absolute atomic E-state index is 0.487. The van der Waals surface area contributed by atoms with Gasteiger partial charge in [-0.1, -0.05) is 0 Å². The van der Waals surface area contributed by atoms with Gasteiger partial charge in [-0.15, -0.1) is 0 Å². The molecule has 1 aliphatic heterocycles. The zero-order chi connectivity index (χ0) is 10.7. The Morgan fingerprint density at radius 2 is 1.87 bits per heavy atom. The lowest BCUT2D eigenvalue weighted by Crippen LogP contribution is -2.01. The van der Waals surface area contributed by atoms with E-state index in [1.807, 2.05) is 6.07 Å². The van der Waals surface area contributed by atoms with E-state index in [1.54, 1.807) is 18.2 Å². The lowest BCUT2D eigenvalue weighted by molar-refractivity contribution is -0.0443. The number of rotatable bonds is 1. The molecule has 15 heavy (non-hydrogen) atoms. The quantitative estimate of drug-likeness (QED) is 0.688. The van der Waals surface area contributed by atoms with E-state index in [1.165, 1.54) is 0 Å². The highest BCUT2D eigenvalue weighted by atomic mass is 16.7. The van der Waals surface area contributed by atoms with Gasteiger partial charge in [0, 0.05) is 5.56 Å². The van der Waals surface area contributed by atoms with Crippen molar-refractivity contribution in [1.82, 2.24) is 0 Å². The molecule has 2 rings (SSSR count). The predicted molar refractivity (Wildman–Crippen MR) is 50.5 cm³/mol. The van der Waals surface area contributed by atoms with Crippen molar-refractivity contribution in [3.05, 3.63) is 34.9 Å². The van der Waals surface area contributed by atoms with Gasteiger partial charge in [-0.2, -0.15) is 10.5 Å². The standard InChI is InChI=1S/C11H8N2O2/c12-6-8-1-2-9(7-13)10(5-8)11-14-3-4-15-11/h1-2,5,11H,3-4H2. The minimum Gasteiger partial charge on any atom is -0.346 e. The first kappa shape index (κ1) is 9.67. The monoisotopic (exact) mass is 200 g/mol. The number of hydrogen-bond donors (Lipinski definition) is 0. The molecule has 0 aromatic heterocycles. The third kappa shape index (κ3) is 1.82. The first-order valence-corrected chi connectivity index (χ1v) is 4.52. The van der Waals surface area contributed by atoms with Crippen molar-refractivity contribution < 1.29 is 9.47 Å². The molecule has 1 fully saturated rings. The Kier molecular flexibility index (Phi) is 2.64. The largest absolute Gasteiger partial charge is 0.346 e. The molecule has 1 aliphatic rings. The highest BCUT2D eigenvalue weighted by Gasteiger charge is 2.21. The van der Waals surface area contributed by atoms with E-state index in [-0.39, 0.29) is 0 Å². The van der Waals surface area contributed by atoms with Crippen molar-refractivity contribution in [2.75, 3.05) is 13.2 Å². The van der Waals surface area contributed by atoms with Gasteiger partial charge in [0.2, 0.25) is 0 Å². The summed E-state index contributed by atoms with van der Waals surface area (Å²) in [5.41, 5.74) is 1.62. The van der Waals surface area contributed by atoms with E-state index in [2.05, 4.69) is 6.07 Å². The predicted octanol–water partition coefficient (Wildman–Crippen LogP) is 1.48. The average molecular weight is 200 g/mol. The number of nitriles is 2. The molecule has 1 aromatic rings. The molecule has 0 spiro atoms. The summed E-state index contributed by atoms with van der Waals surface area (Å²) < 4.78 is 10.6. The van der Waals surface area contributed by atoms with Crippen molar-refractivity contribution in [3.8, 4) is 12.1 Å². The SMILES string of the molecule is N#Cc1ccc(C#N)c(C2OCCO2)c1. The molecule has 1 heterocycles. The number of benzene rings is 1. The second-order valence-corrected chi connectivity index (χ2v) is 3.10. The highest BCUT2D eigenvalue weighted by Crippen LogP contribution is 2.26. The maximum atomic E-state index is 8.90. The number of ether oxygens (including phenoxy) is 2. The minimum atomic E-state index is -0.507. The maximum absolute atomic E-state index is 8.90. The third-order valence-electron chi connectivity index (χ3n) is 2.18. The van der Waals surface area contributed by atoms with Crippen LogP contribution in [-0.2, 0) is 9.47 Å². The summed E-state index contributed by atoms with van der Waals surface area (Å²) in [5, 5.41) is 17.7. The summed E-state index contributed by atoms with van der Waals surface area (Å²) in [6.07, 6.45) is -0.507. The molecule has 1 saturated heterocycles. The van der Waals surface area contributed by atoms with E-state index in [0.29, 0.717) is 29.9 Å². The van der Waals surface area contributed by atoms with Gasteiger partial charge in [-0.05, 0) is 18.2 Å². The molecule has 0 atom stereocenters. The van der Waals surface area contributed by atoms with E-state index in [4.69, 9.17) is 20.0 Å². The second-order valence-electron chi connectivity index (χ2n) is 3.10. The van der Waals surface area contributed by atoms with Crippen LogP contribution >= 0.6 is 0 Å². The van der Waals surface area contributed by atoms with Gasteiger partial charge in [0.15, 0.2) is 6.29 Å². The summed E-state index contributed by atoms with van der Waals surface area (Å²) in [4.78, 5) is 0. The second kappa shape index (κ2) is 4.10. The Labute approximate surface area is 87.3 Å². The first-order valence-electron chi connectivity index (χ1n) is 4.52. The van der Waals surface area contributed by atoms with Gasteiger partial charge >= 0.3 is 0 Å². The van der Waals surface area contributed by atoms with E-state index >= 15 is 0 Å². The van der Waals surface area contributed by atoms with Crippen molar-refractivity contribution in [2.45, 2.75) is 6.29 Å². The number of nitrogens with zero attached hydrogens (tertiary/aromatic N) is 2. The lowest BCUT2D eigenvalue weighted by atomic mass is 10.0. The fraction of sp³-hybridized carbons (Fsp3) is 0.273. The molecular weight excluding hydrogens is 192 g/mol. The maximum Gasteiger partial charge on any atom is 0.185 e. The zero-order valence-electron chi connectivity index (χ0n) is 7.93. The van der Waals surface area contributed by atoms with Crippen LogP contribution in [0.3, 0.4) is 0 Å². The molecule has 0 saturated carbocycles. The first-order chi connectivity index (χ1) is 7.35. The van der Waals surface area contributed by atoms with Crippen LogP contribution in [0.1, 0.15) is 23.0 Å². The third-order valence-corrected chi connectivity index (χ3v) is 2.18. The molecule has 0 radical (unpaired) electrons. The van der Waals surface area contributed by atoms with Crippen LogP contribution < -0.4 is 0 Å². The smallest absolute Gasteiger partial charge is 0.185 e. The molecule has 0 unspecified atom stereocenters. The highest BCUT2D eigenvalue weighted by molar-refractivity contribution is 5.44. The Morgan fingerprint density at radius 1 is 1.13 bits per heavy atom. The van der Waals surface area contributed by atoms with Crippen LogP contribution in [-0.4, -0.2) is 13.2 Å². The van der Waals surface area contributed by atoms with Crippen LogP contribution in [0.25, 0.3) is 0 Å². The van der Waals surface area contributed by atoms with Crippen LogP contribution in [0.15, 0.2) is 18.2 Å². The molecule has 0 N–H and O–H groups in total. The summed E-state index contributed by atoms with van der Waals surface area (Å²) in [6.45, 7) is 1.04. The van der Waals surface area contributed by atoms with Crippen LogP contribution in [0.4, 0.5) is 0 Å². The normalized spacial score (nSPS) is 15.9. The Balaban J connectivity index is 2.43. The van der Waals surface area contributed by atoms with Crippen LogP contribution in [0.2, 0.25) is 0 Å². The van der Waals surface area contributed by atoms with Crippen molar-refractivity contribution >= 4 is 0 Å². The molecule has 74 valence electrons.